The van der Waals surface area contributed by atoms with E-state index in [0.717, 1.165) is 19.7 Å². The molecule has 1 aliphatic rings. The van der Waals surface area contributed by atoms with Gasteiger partial charge < -0.3 is 0 Å². The molecule has 0 radical (unpaired) electrons. The monoisotopic (exact) mass is 269 g/mol. The molecule has 0 unspecified atom stereocenters. The van der Waals surface area contributed by atoms with Gasteiger partial charge in [0.15, 0.2) is 0 Å². The summed E-state index contributed by atoms with van der Waals surface area (Å²) in [6.45, 7) is 14.9. The Kier molecular flexibility index (Phi) is 6.82. The topological polar surface area (TPSA) is 12.5 Å². The zero-order valence-electron chi connectivity index (χ0n) is 13.9. The van der Waals surface area contributed by atoms with Crippen molar-refractivity contribution in [3.05, 3.63) is 0 Å². The third kappa shape index (κ3) is 7.31. The Bertz CT molecular complexity index is 242. The number of nitrogens with zero attached hydrogens (tertiary/aromatic N) is 1. The minimum atomic E-state index is 0.307. The summed E-state index contributed by atoms with van der Waals surface area (Å²) in [5, 5.41) is 2.18. The van der Waals surface area contributed by atoms with Crippen LogP contribution < -0.4 is 0 Å². The van der Waals surface area contributed by atoms with Crippen LogP contribution in [0.5, 0.6) is 0 Å². The summed E-state index contributed by atoms with van der Waals surface area (Å²) in [6, 6.07) is 0. The average molecular weight is 269 g/mol. The van der Waals surface area contributed by atoms with Crippen molar-refractivity contribution in [2.75, 3.05) is 19.7 Å². The van der Waals surface area contributed by atoms with E-state index in [9.17, 15) is 0 Å². The van der Waals surface area contributed by atoms with Crippen LogP contribution >= 0.6 is 0 Å². The molecule has 1 aliphatic heterocycles. The van der Waals surface area contributed by atoms with Crippen molar-refractivity contribution in [3.63, 3.8) is 0 Å². The van der Waals surface area contributed by atoms with Crippen molar-refractivity contribution in [2.24, 2.45) is 10.8 Å². The van der Waals surface area contributed by atoms with Crippen LogP contribution in [0.25, 0.3) is 0 Å². The van der Waals surface area contributed by atoms with Crippen LogP contribution in [0.1, 0.15) is 79.6 Å². The summed E-state index contributed by atoms with van der Waals surface area (Å²) in [6.07, 6.45) is 9.15. The zero-order valence-corrected chi connectivity index (χ0v) is 13.9. The normalized spacial score (nSPS) is 18.8. The first-order valence-corrected chi connectivity index (χ1v) is 8.23. The van der Waals surface area contributed by atoms with Crippen LogP contribution in [0.4, 0.5) is 0 Å². The molecular formula is C17H35NO. The maximum absolute atomic E-state index is 5.99. The molecule has 0 atom stereocenters. The van der Waals surface area contributed by atoms with Crippen LogP contribution in [0.15, 0.2) is 0 Å². The second-order valence-electron chi connectivity index (χ2n) is 7.80. The Labute approximate surface area is 120 Å². The lowest BCUT2D eigenvalue weighted by molar-refractivity contribution is -0.189. The fourth-order valence-corrected chi connectivity index (χ4v) is 2.55. The summed E-state index contributed by atoms with van der Waals surface area (Å²) < 4.78 is 0. The number of hydroxylamine groups is 2. The SMILES string of the molecule is CCC(C)(C)CCCC(C)(C)CON1CCCCC1. The van der Waals surface area contributed by atoms with Crippen LogP contribution in [0.3, 0.4) is 0 Å². The van der Waals surface area contributed by atoms with Crippen molar-refractivity contribution in [1.82, 2.24) is 5.06 Å². The first-order valence-electron chi connectivity index (χ1n) is 8.23. The maximum Gasteiger partial charge on any atom is 0.0736 e. The standard InChI is InChI=1S/C17H35NO/c1-6-16(2,3)11-10-12-17(4,5)15-19-18-13-8-7-9-14-18/h6-15H2,1-5H3. The summed E-state index contributed by atoms with van der Waals surface area (Å²) in [5.41, 5.74) is 0.811. The smallest absolute Gasteiger partial charge is 0.0736 e. The molecule has 1 fully saturated rings. The molecule has 0 aliphatic carbocycles. The number of hydrogen-bond donors (Lipinski definition) is 0. The summed E-state index contributed by atoms with van der Waals surface area (Å²) >= 11 is 0. The van der Waals surface area contributed by atoms with E-state index < -0.39 is 0 Å². The van der Waals surface area contributed by atoms with E-state index >= 15 is 0 Å². The molecule has 1 heterocycles. The molecule has 0 bridgehead atoms. The summed E-state index contributed by atoms with van der Waals surface area (Å²) in [4.78, 5) is 5.99. The second-order valence-corrected chi connectivity index (χ2v) is 7.80. The van der Waals surface area contributed by atoms with Gasteiger partial charge in [-0.15, -0.1) is 0 Å². The third-order valence-electron chi connectivity index (χ3n) is 4.62. The highest BCUT2D eigenvalue weighted by atomic mass is 16.7. The van der Waals surface area contributed by atoms with E-state index in [1.165, 1.54) is 44.9 Å². The van der Waals surface area contributed by atoms with Gasteiger partial charge in [0.2, 0.25) is 0 Å². The van der Waals surface area contributed by atoms with Gasteiger partial charge in [-0.05, 0) is 36.5 Å². The lowest BCUT2D eigenvalue weighted by atomic mass is 9.80. The number of piperidine rings is 1. The highest BCUT2D eigenvalue weighted by Gasteiger charge is 2.22. The predicted molar refractivity (Wildman–Crippen MR) is 83.1 cm³/mol. The van der Waals surface area contributed by atoms with Crippen molar-refractivity contribution < 1.29 is 4.84 Å². The Hall–Kier alpha value is -0.0800. The lowest BCUT2D eigenvalue weighted by Crippen LogP contribution is -2.34. The molecule has 0 saturated carbocycles. The van der Waals surface area contributed by atoms with Crippen molar-refractivity contribution in [3.8, 4) is 0 Å². The molecule has 1 saturated heterocycles. The molecule has 114 valence electrons. The summed E-state index contributed by atoms with van der Waals surface area (Å²) in [5.74, 6) is 0. The van der Waals surface area contributed by atoms with E-state index in [-0.39, 0.29) is 0 Å². The lowest BCUT2D eigenvalue weighted by Gasteiger charge is -2.32. The van der Waals surface area contributed by atoms with E-state index in [1.54, 1.807) is 0 Å². The van der Waals surface area contributed by atoms with E-state index in [2.05, 4.69) is 39.7 Å². The van der Waals surface area contributed by atoms with Crippen molar-refractivity contribution in [1.29, 1.82) is 0 Å². The number of rotatable bonds is 8. The molecule has 1 rings (SSSR count). The highest BCUT2D eigenvalue weighted by molar-refractivity contribution is 4.72. The largest absolute Gasteiger partial charge is 0.298 e. The molecule has 0 aromatic heterocycles. The van der Waals surface area contributed by atoms with Crippen LogP contribution in [0.2, 0.25) is 0 Å². The Balaban J connectivity index is 2.19. The van der Waals surface area contributed by atoms with Crippen LogP contribution in [-0.2, 0) is 4.84 Å². The third-order valence-corrected chi connectivity index (χ3v) is 4.62. The van der Waals surface area contributed by atoms with Gasteiger partial charge in [0, 0.05) is 13.1 Å². The average Bonchev–Trinajstić information content (AvgIpc) is 2.37. The van der Waals surface area contributed by atoms with E-state index in [0.29, 0.717) is 10.8 Å². The van der Waals surface area contributed by atoms with Crippen LogP contribution in [0, 0.1) is 10.8 Å². The predicted octanol–water partition coefficient (Wildman–Crippen LogP) is 5.04. The molecule has 0 spiro atoms. The van der Waals surface area contributed by atoms with Gasteiger partial charge in [-0.2, -0.15) is 5.06 Å². The van der Waals surface area contributed by atoms with Gasteiger partial charge in [-0.25, -0.2) is 0 Å². The van der Waals surface area contributed by atoms with Gasteiger partial charge in [-0.3, -0.25) is 4.84 Å². The molecule has 2 heteroatoms. The number of hydrogen-bond acceptors (Lipinski definition) is 2. The molecule has 0 N–H and O–H groups in total. The fraction of sp³-hybridized carbons (Fsp3) is 1.00. The van der Waals surface area contributed by atoms with Gasteiger partial charge >= 0.3 is 0 Å². The van der Waals surface area contributed by atoms with Gasteiger partial charge in [0.25, 0.3) is 0 Å². The highest BCUT2D eigenvalue weighted by Crippen LogP contribution is 2.31. The fourth-order valence-electron chi connectivity index (χ4n) is 2.55. The minimum absolute atomic E-state index is 0.307. The van der Waals surface area contributed by atoms with E-state index in [4.69, 9.17) is 4.84 Å². The second kappa shape index (κ2) is 7.64. The molecule has 0 amide bonds. The molecule has 19 heavy (non-hydrogen) atoms. The van der Waals surface area contributed by atoms with Crippen molar-refractivity contribution in [2.45, 2.75) is 79.6 Å². The Morgan fingerprint density at radius 3 is 2.05 bits per heavy atom. The Morgan fingerprint density at radius 2 is 1.47 bits per heavy atom. The van der Waals surface area contributed by atoms with Gasteiger partial charge in [0.1, 0.15) is 0 Å². The quantitative estimate of drug-likeness (QED) is 0.612. The van der Waals surface area contributed by atoms with Gasteiger partial charge in [0.05, 0.1) is 6.61 Å². The van der Waals surface area contributed by atoms with E-state index in [1.807, 2.05) is 0 Å². The molecule has 0 aromatic carbocycles. The van der Waals surface area contributed by atoms with Crippen molar-refractivity contribution >= 4 is 0 Å². The first-order chi connectivity index (χ1) is 8.85. The Morgan fingerprint density at radius 1 is 0.895 bits per heavy atom. The molecular weight excluding hydrogens is 234 g/mol. The minimum Gasteiger partial charge on any atom is -0.298 e. The maximum atomic E-state index is 5.99. The summed E-state index contributed by atoms with van der Waals surface area (Å²) in [7, 11) is 0. The first kappa shape index (κ1) is 17.0. The molecule has 2 nitrogen and oxygen atoms in total. The molecule has 0 aromatic rings. The van der Waals surface area contributed by atoms with Crippen LogP contribution in [-0.4, -0.2) is 24.8 Å². The zero-order chi connectivity index (χ0) is 14.4. The van der Waals surface area contributed by atoms with Gasteiger partial charge in [-0.1, -0.05) is 53.9 Å².